The van der Waals surface area contributed by atoms with Crippen LogP contribution in [0.3, 0.4) is 0 Å². The van der Waals surface area contributed by atoms with E-state index >= 15 is 0 Å². The average molecular weight is 208 g/mol. The van der Waals surface area contributed by atoms with E-state index in [0.29, 0.717) is 6.61 Å². The van der Waals surface area contributed by atoms with Crippen molar-refractivity contribution in [3.63, 3.8) is 0 Å². The number of hydrogen-bond donors (Lipinski definition) is 0. The van der Waals surface area contributed by atoms with Gasteiger partial charge >= 0.3 is 0 Å². The highest BCUT2D eigenvalue weighted by molar-refractivity contribution is 5.47. The summed E-state index contributed by atoms with van der Waals surface area (Å²) in [6.07, 6.45) is 3.22. The number of ether oxygens (including phenoxy) is 3. The van der Waals surface area contributed by atoms with Gasteiger partial charge in [-0.05, 0) is 11.6 Å². The van der Waals surface area contributed by atoms with Gasteiger partial charge in [0.25, 0.3) is 0 Å². The number of benzene rings is 1. The second kappa shape index (κ2) is 7.04. The summed E-state index contributed by atoms with van der Waals surface area (Å²) in [5.41, 5.74) is 1.10. The summed E-state index contributed by atoms with van der Waals surface area (Å²) in [7, 11) is 3.16. The first-order valence-corrected chi connectivity index (χ1v) is 4.75. The van der Waals surface area contributed by atoms with Crippen molar-refractivity contribution in [3.05, 3.63) is 42.2 Å². The Labute approximate surface area is 90.3 Å². The molecule has 0 heterocycles. The molecule has 0 atom stereocenters. The average Bonchev–Trinajstić information content (AvgIpc) is 2.31. The van der Waals surface area contributed by atoms with E-state index in [1.165, 1.54) is 0 Å². The van der Waals surface area contributed by atoms with Crippen molar-refractivity contribution in [1.29, 1.82) is 0 Å². The molecule has 0 saturated heterocycles. The van der Waals surface area contributed by atoms with Gasteiger partial charge in [0.05, 0.1) is 6.26 Å². The Morgan fingerprint density at radius 1 is 1.13 bits per heavy atom. The number of hydrogen-bond acceptors (Lipinski definition) is 3. The normalized spacial score (nSPS) is 11.1. The molecular formula is C12H16O3. The van der Waals surface area contributed by atoms with Gasteiger partial charge in [-0.15, -0.1) is 0 Å². The molecule has 3 nitrogen and oxygen atoms in total. The van der Waals surface area contributed by atoms with Gasteiger partial charge < -0.3 is 14.2 Å². The maximum absolute atomic E-state index is 5.25. The molecule has 0 amide bonds. The lowest BCUT2D eigenvalue weighted by molar-refractivity contribution is -0.128. The molecule has 1 rings (SSSR count). The highest BCUT2D eigenvalue weighted by Gasteiger charge is 2.02. The van der Waals surface area contributed by atoms with Crippen LogP contribution in [0.2, 0.25) is 0 Å². The molecule has 82 valence electrons. The van der Waals surface area contributed by atoms with Crippen molar-refractivity contribution in [2.45, 2.75) is 6.29 Å². The topological polar surface area (TPSA) is 27.7 Å². The summed E-state index contributed by atoms with van der Waals surface area (Å²) in [4.78, 5) is 0. The molecule has 15 heavy (non-hydrogen) atoms. The summed E-state index contributed by atoms with van der Waals surface area (Å²) < 4.78 is 15.2. The van der Waals surface area contributed by atoms with Crippen LogP contribution >= 0.6 is 0 Å². The van der Waals surface area contributed by atoms with E-state index in [4.69, 9.17) is 14.2 Å². The van der Waals surface area contributed by atoms with Crippen LogP contribution in [0.15, 0.2) is 36.6 Å². The van der Waals surface area contributed by atoms with Crippen LogP contribution in [-0.2, 0) is 14.2 Å². The Morgan fingerprint density at radius 3 is 2.40 bits per heavy atom. The predicted molar refractivity (Wildman–Crippen MR) is 59.2 cm³/mol. The van der Waals surface area contributed by atoms with E-state index in [9.17, 15) is 0 Å². The molecule has 0 radical (unpaired) electrons. The first-order valence-electron chi connectivity index (χ1n) is 4.75. The van der Waals surface area contributed by atoms with Crippen molar-refractivity contribution in [3.8, 4) is 0 Å². The van der Waals surface area contributed by atoms with Gasteiger partial charge in [-0.3, -0.25) is 0 Å². The lowest BCUT2D eigenvalue weighted by atomic mass is 10.2. The lowest BCUT2D eigenvalue weighted by Gasteiger charge is -2.11. The molecule has 0 aliphatic heterocycles. The van der Waals surface area contributed by atoms with Crippen LogP contribution in [0, 0.1) is 0 Å². The number of methoxy groups -OCH3 is 2. The molecule has 1 aromatic carbocycles. The maximum atomic E-state index is 5.25. The molecule has 1 aromatic rings. The molecule has 0 aliphatic rings. The standard InChI is InChI=1S/C12H16O3/c1-13-12(14-2)10-15-9-8-11-6-4-3-5-7-11/h3-9,12H,10H2,1-2H3. The fourth-order valence-corrected chi connectivity index (χ4v) is 1.06. The van der Waals surface area contributed by atoms with Crippen LogP contribution in [0.25, 0.3) is 6.08 Å². The highest BCUT2D eigenvalue weighted by Crippen LogP contribution is 2.01. The zero-order chi connectivity index (χ0) is 10.9. The van der Waals surface area contributed by atoms with Gasteiger partial charge in [0.2, 0.25) is 0 Å². The van der Waals surface area contributed by atoms with Crippen LogP contribution < -0.4 is 0 Å². The molecule has 0 saturated carbocycles. The quantitative estimate of drug-likeness (QED) is 0.530. The zero-order valence-electron chi connectivity index (χ0n) is 9.05. The molecule has 0 fully saturated rings. The minimum atomic E-state index is -0.314. The second-order valence-corrected chi connectivity index (χ2v) is 2.95. The third-order valence-corrected chi connectivity index (χ3v) is 1.91. The summed E-state index contributed by atoms with van der Waals surface area (Å²) in [6.45, 7) is 0.385. The van der Waals surface area contributed by atoms with Crippen LogP contribution in [0.5, 0.6) is 0 Å². The highest BCUT2D eigenvalue weighted by atomic mass is 16.7. The minimum absolute atomic E-state index is 0.314. The first-order chi connectivity index (χ1) is 7.36. The van der Waals surface area contributed by atoms with Gasteiger partial charge in [0.1, 0.15) is 6.61 Å². The third-order valence-electron chi connectivity index (χ3n) is 1.91. The largest absolute Gasteiger partial charge is 0.496 e. The molecule has 0 spiro atoms. The lowest BCUT2D eigenvalue weighted by Crippen LogP contribution is -2.18. The van der Waals surface area contributed by atoms with Crippen LogP contribution in [0.1, 0.15) is 5.56 Å². The SMILES string of the molecule is COC(COC=Cc1ccccc1)OC. The summed E-state index contributed by atoms with van der Waals surface area (Å²) in [6, 6.07) is 9.94. The molecule has 0 bridgehead atoms. The molecule has 0 aliphatic carbocycles. The Balaban J connectivity index is 2.28. The fraction of sp³-hybridized carbons (Fsp3) is 0.333. The van der Waals surface area contributed by atoms with Crippen LogP contribution in [-0.4, -0.2) is 27.1 Å². The number of rotatable bonds is 6. The summed E-state index contributed by atoms with van der Waals surface area (Å²) in [5.74, 6) is 0. The van der Waals surface area contributed by atoms with Crippen molar-refractivity contribution in [2.75, 3.05) is 20.8 Å². The van der Waals surface area contributed by atoms with Gasteiger partial charge in [0.15, 0.2) is 6.29 Å². The fourth-order valence-electron chi connectivity index (χ4n) is 1.06. The third kappa shape index (κ3) is 4.63. The van der Waals surface area contributed by atoms with Crippen molar-refractivity contribution < 1.29 is 14.2 Å². The van der Waals surface area contributed by atoms with Crippen molar-refractivity contribution in [2.24, 2.45) is 0 Å². The Morgan fingerprint density at radius 2 is 1.80 bits per heavy atom. The second-order valence-electron chi connectivity index (χ2n) is 2.95. The van der Waals surface area contributed by atoms with E-state index in [2.05, 4.69) is 0 Å². The van der Waals surface area contributed by atoms with Crippen LogP contribution in [0.4, 0.5) is 0 Å². The van der Waals surface area contributed by atoms with Crippen molar-refractivity contribution >= 4 is 6.08 Å². The van der Waals surface area contributed by atoms with E-state index in [0.717, 1.165) is 5.56 Å². The van der Waals surface area contributed by atoms with Gasteiger partial charge in [0, 0.05) is 14.2 Å². The van der Waals surface area contributed by atoms with E-state index < -0.39 is 0 Å². The Bertz CT molecular complexity index is 278. The Hall–Kier alpha value is -1.32. The summed E-state index contributed by atoms with van der Waals surface area (Å²) >= 11 is 0. The van der Waals surface area contributed by atoms with E-state index in [1.807, 2.05) is 36.4 Å². The van der Waals surface area contributed by atoms with E-state index in [-0.39, 0.29) is 6.29 Å². The smallest absolute Gasteiger partial charge is 0.191 e. The molecular weight excluding hydrogens is 192 g/mol. The first kappa shape index (κ1) is 11.8. The Kier molecular flexibility index (Phi) is 5.51. The molecule has 3 heteroatoms. The summed E-state index contributed by atoms with van der Waals surface area (Å²) in [5, 5.41) is 0. The van der Waals surface area contributed by atoms with Gasteiger partial charge in [-0.25, -0.2) is 0 Å². The van der Waals surface area contributed by atoms with Gasteiger partial charge in [-0.2, -0.15) is 0 Å². The molecule has 0 unspecified atom stereocenters. The maximum Gasteiger partial charge on any atom is 0.191 e. The van der Waals surface area contributed by atoms with Gasteiger partial charge in [-0.1, -0.05) is 30.3 Å². The monoisotopic (exact) mass is 208 g/mol. The molecule has 0 N–H and O–H groups in total. The molecule has 0 aromatic heterocycles. The van der Waals surface area contributed by atoms with Crippen molar-refractivity contribution in [1.82, 2.24) is 0 Å². The van der Waals surface area contributed by atoms with E-state index in [1.54, 1.807) is 20.5 Å². The zero-order valence-corrected chi connectivity index (χ0v) is 9.05. The minimum Gasteiger partial charge on any atom is -0.496 e. The predicted octanol–water partition coefficient (Wildman–Crippen LogP) is 2.29.